The molecule has 0 aromatic carbocycles. The van der Waals surface area contributed by atoms with Gasteiger partial charge in [-0.25, -0.2) is 0 Å². The van der Waals surface area contributed by atoms with Gasteiger partial charge in [0.05, 0.1) is 12.4 Å². The maximum atomic E-state index is 11.7. The number of halogens is 1. The smallest absolute Gasteiger partial charge is 0.220 e. The van der Waals surface area contributed by atoms with Gasteiger partial charge in [-0.05, 0) is 26.2 Å². The van der Waals surface area contributed by atoms with Gasteiger partial charge in [0.15, 0.2) is 0 Å². The molecule has 94 valence electrons. The van der Waals surface area contributed by atoms with Crippen molar-refractivity contribution >= 4 is 11.6 Å². The standard InChI is InChI=1S/C11H21FN2O2/c1-3-10(11(13)15)8-9(2)14-16-7-5-4-6-12/h10H,3-8H2,1-2H3,(H2,13,15). The van der Waals surface area contributed by atoms with E-state index in [2.05, 4.69) is 5.16 Å². The van der Waals surface area contributed by atoms with Crippen LogP contribution in [-0.4, -0.2) is 24.9 Å². The Morgan fingerprint density at radius 2 is 2.19 bits per heavy atom. The summed E-state index contributed by atoms with van der Waals surface area (Å²) in [5, 5.41) is 3.85. The van der Waals surface area contributed by atoms with E-state index in [4.69, 9.17) is 10.6 Å². The zero-order valence-electron chi connectivity index (χ0n) is 10.0. The lowest BCUT2D eigenvalue weighted by Crippen LogP contribution is -2.24. The largest absolute Gasteiger partial charge is 0.396 e. The Labute approximate surface area is 96.0 Å². The summed E-state index contributed by atoms with van der Waals surface area (Å²) in [5.41, 5.74) is 5.96. The molecule has 0 aliphatic carbocycles. The van der Waals surface area contributed by atoms with Gasteiger partial charge in [0.2, 0.25) is 5.91 Å². The van der Waals surface area contributed by atoms with E-state index in [1.165, 1.54) is 0 Å². The van der Waals surface area contributed by atoms with E-state index in [0.29, 0.717) is 32.3 Å². The summed E-state index contributed by atoms with van der Waals surface area (Å²) < 4.78 is 11.7. The fourth-order valence-electron chi connectivity index (χ4n) is 1.26. The summed E-state index contributed by atoms with van der Waals surface area (Å²) in [4.78, 5) is 16.0. The zero-order chi connectivity index (χ0) is 12.4. The molecule has 4 nitrogen and oxygen atoms in total. The van der Waals surface area contributed by atoms with Crippen molar-refractivity contribution in [2.24, 2.45) is 16.8 Å². The highest BCUT2D eigenvalue weighted by Gasteiger charge is 2.13. The molecule has 0 aliphatic heterocycles. The Bertz CT molecular complexity index is 232. The van der Waals surface area contributed by atoms with Gasteiger partial charge in [-0.3, -0.25) is 9.18 Å². The monoisotopic (exact) mass is 232 g/mol. The second kappa shape index (κ2) is 9.12. The average Bonchev–Trinajstić information content (AvgIpc) is 2.25. The van der Waals surface area contributed by atoms with Crippen LogP contribution < -0.4 is 5.73 Å². The molecule has 0 saturated heterocycles. The first kappa shape index (κ1) is 14.9. The average molecular weight is 232 g/mol. The number of unbranched alkanes of at least 4 members (excludes halogenated alkanes) is 1. The normalized spacial score (nSPS) is 13.6. The Morgan fingerprint density at radius 1 is 1.50 bits per heavy atom. The molecule has 0 spiro atoms. The quantitative estimate of drug-likeness (QED) is 0.375. The maximum Gasteiger partial charge on any atom is 0.220 e. The van der Waals surface area contributed by atoms with Crippen molar-refractivity contribution in [2.45, 2.75) is 39.5 Å². The van der Waals surface area contributed by atoms with Crippen LogP contribution in [0.5, 0.6) is 0 Å². The lowest BCUT2D eigenvalue weighted by atomic mass is 9.99. The first-order valence-corrected chi connectivity index (χ1v) is 5.62. The molecule has 0 heterocycles. The van der Waals surface area contributed by atoms with Crippen molar-refractivity contribution in [3.8, 4) is 0 Å². The predicted molar refractivity (Wildman–Crippen MR) is 61.9 cm³/mol. The summed E-state index contributed by atoms with van der Waals surface area (Å²) in [6, 6.07) is 0. The molecular weight excluding hydrogens is 211 g/mol. The molecular formula is C11H21FN2O2. The van der Waals surface area contributed by atoms with Crippen molar-refractivity contribution in [2.75, 3.05) is 13.3 Å². The number of nitrogens with zero attached hydrogens (tertiary/aromatic N) is 1. The number of hydrogen-bond acceptors (Lipinski definition) is 3. The number of rotatable bonds is 9. The lowest BCUT2D eigenvalue weighted by molar-refractivity contribution is -0.121. The van der Waals surface area contributed by atoms with E-state index in [1.54, 1.807) is 6.92 Å². The minimum Gasteiger partial charge on any atom is -0.396 e. The van der Waals surface area contributed by atoms with Crippen LogP contribution in [-0.2, 0) is 9.63 Å². The number of alkyl halides is 1. The van der Waals surface area contributed by atoms with Crippen LogP contribution in [0.3, 0.4) is 0 Å². The first-order chi connectivity index (χ1) is 7.61. The van der Waals surface area contributed by atoms with E-state index >= 15 is 0 Å². The van der Waals surface area contributed by atoms with Crippen LogP contribution in [0.15, 0.2) is 5.16 Å². The third-order valence-electron chi connectivity index (χ3n) is 2.28. The van der Waals surface area contributed by atoms with E-state index in [-0.39, 0.29) is 18.5 Å². The number of carbonyl (C=O) groups is 1. The van der Waals surface area contributed by atoms with Crippen LogP contribution in [0.4, 0.5) is 4.39 Å². The van der Waals surface area contributed by atoms with Gasteiger partial charge < -0.3 is 10.6 Å². The zero-order valence-corrected chi connectivity index (χ0v) is 10.0. The second-order valence-electron chi connectivity index (χ2n) is 3.77. The highest BCUT2D eigenvalue weighted by atomic mass is 19.1. The maximum absolute atomic E-state index is 11.7. The second-order valence-corrected chi connectivity index (χ2v) is 3.77. The number of primary amides is 1. The van der Waals surface area contributed by atoms with Crippen molar-refractivity contribution in [1.82, 2.24) is 0 Å². The topological polar surface area (TPSA) is 64.7 Å². The molecule has 16 heavy (non-hydrogen) atoms. The van der Waals surface area contributed by atoms with E-state index in [0.717, 1.165) is 5.71 Å². The lowest BCUT2D eigenvalue weighted by Gasteiger charge is -2.09. The molecule has 0 bridgehead atoms. The molecule has 0 saturated carbocycles. The van der Waals surface area contributed by atoms with Gasteiger partial charge in [0.1, 0.15) is 6.61 Å². The molecule has 1 amide bonds. The van der Waals surface area contributed by atoms with E-state index in [1.807, 2.05) is 6.92 Å². The molecule has 0 aliphatic rings. The van der Waals surface area contributed by atoms with Crippen LogP contribution >= 0.6 is 0 Å². The molecule has 0 rings (SSSR count). The molecule has 0 aromatic heterocycles. The Balaban J connectivity index is 3.80. The fourth-order valence-corrected chi connectivity index (χ4v) is 1.26. The van der Waals surface area contributed by atoms with Crippen molar-refractivity contribution < 1.29 is 14.0 Å². The molecule has 1 unspecified atom stereocenters. The van der Waals surface area contributed by atoms with Crippen molar-refractivity contribution in [3.05, 3.63) is 0 Å². The summed E-state index contributed by atoms with van der Waals surface area (Å²) in [7, 11) is 0. The molecule has 1 atom stereocenters. The number of oxime groups is 1. The van der Waals surface area contributed by atoms with Crippen LogP contribution in [0.2, 0.25) is 0 Å². The Hall–Kier alpha value is -1.13. The minimum atomic E-state index is -0.328. The van der Waals surface area contributed by atoms with Gasteiger partial charge in [-0.2, -0.15) is 0 Å². The minimum absolute atomic E-state index is 0.182. The number of carbonyl (C=O) groups excluding carboxylic acids is 1. The highest BCUT2D eigenvalue weighted by molar-refractivity contribution is 5.87. The van der Waals surface area contributed by atoms with Gasteiger partial charge in [0.25, 0.3) is 0 Å². The number of hydrogen-bond donors (Lipinski definition) is 1. The SMILES string of the molecule is CCC(CC(C)=NOCCCCF)C(N)=O. The molecule has 5 heteroatoms. The van der Waals surface area contributed by atoms with Crippen molar-refractivity contribution in [1.29, 1.82) is 0 Å². The summed E-state index contributed by atoms with van der Waals surface area (Å²) in [5.74, 6) is -0.493. The fraction of sp³-hybridized carbons (Fsp3) is 0.818. The summed E-state index contributed by atoms with van der Waals surface area (Å²) >= 11 is 0. The molecule has 2 N–H and O–H groups in total. The van der Waals surface area contributed by atoms with Gasteiger partial charge in [0, 0.05) is 12.3 Å². The Morgan fingerprint density at radius 3 is 2.69 bits per heavy atom. The predicted octanol–water partition coefficient (Wildman–Crippen LogP) is 2.03. The molecule has 0 fully saturated rings. The van der Waals surface area contributed by atoms with Gasteiger partial charge in [-0.1, -0.05) is 12.1 Å². The first-order valence-electron chi connectivity index (χ1n) is 5.62. The Kier molecular flexibility index (Phi) is 8.48. The third kappa shape index (κ3) is 7.20. The van der Waals surface area contributed by atoms with E-state index < -0.39 is 0 Å². The molecule has 0 aromatic rings. The molecule has 0 radical (unpaired) electrons. The van der Waals surface area contributed by atoms with Gasteiger partial charge in [-0.15, -0.1) is 0 Å². The van der Waals surface area contributed by atoms with Gasteiger partial charge >= 0.3 is 0 Å². The van der Waals surface area contributed by atoms with Crippen LogP contribution in [0, 0.1) is 5.92 Å². The number of amides is 1. The van der Waals surface area contributed by atoms with E-state index in [9.17, 15) is 9.18 Å². The van der Waals surface area contributed by atoms with Crippen LogP contribution in [0.25, 0.3) is 0 Å². The van der Waals surface area contributed by atoms with Crippen LogP contribution in [0.1, 0.15) is 39.5 Å². The highest BCUT2D eigenvalue weighted by Crippen LogP contribution is 2.08. The summed E-state index contributed by atoms with van der Waals surface area (Å²) in [6.07, 6.45) is 2.37. The van der Waals surface area contributed by atoms with Crippen molar-refractivity contribution in [3.63, 3.8) is 0 Å². The summed E-state index contributed by atoms with van der Waals surface area (Å²) in [6.45, 7) is 3.78. The third-order valence-corrected chi connectivity index (χ3v) is 2.28. The number of nitrogens with two attached hydrogens (primary N) is 1.